The summed E-state index contributed by atoms with van der Waals surface area (Å²) in [7, 11) is 0. The average Bonchev–Trinajstić information content (AvgIpc) is 3.03. The number of carbonyl (C=O) groups is 1. The zero-order valence-electron chi connectivity index (χ0n) is 12.7. The van der Waals surface area contributed by atoms with Crippen molar-refractivity contribution in [3.63, 3.8) is 0 Å². The van der Waals surface area contributed by atoms with Gasteiger partial charge in [-0.2, -0.15) is 0 Å². The van der Waals surface area contributed by atoms with Crippen LogP contribution in [0.2, 0.25) is 0 Å². The molecule has 0 fully saturated rings. The largest absolute Gasteiger partial charge is 0.354 e. The first-order valence-corrected chi connectivity index (χ1v) is 8.29. The van der Waals surface area contributed by atoms with E-state index in [1.54, 1.807) is 0 Å². The molecule has 0 unspecified atom stereocenters. The van der Waals surface area contributed by atoms with Gasteiger partial charge >= 0.3 is 0 Å². The van der Waals surface area contributed by atoms with Crippen molar-refractivity contribution < 1.29 is 4.79 Å². The van der Waals surface area contributed by atoms with Crippen LogP contribution >= 0.6 is 11.3 Å². The summed E-state index contributed by atoms with van der Waals surface area (Å²) >= 11 is 1.48. The molecule has 2 N–H and O–H groups in total. The molecule has 5 heteroatoms. The lowest BCUT2D eigenvalue weighted by molar-refractivity contribution is 0.102. The minimum Gasteiger partial charge on any atom is -0.354 e. The van der Waals surface area contributed by atoms with Crippen molar-refractivity contribution in [1.82, 2.24) is 9.97 Å². The summed E-state index contributed by atoms with van der Waals surface area (Å²) in [6, 6.07) is 1.99. The van der Waals surface area contributed by atoms with Crippen LogP contribution < -0.4 is 5.32 Å². The third kappa shape index (κ3) is 3.02. The van der Waals surface area contributed by atoms with Crippen LogP contribution in [0.3, 0.4) is 0 Å². The number of carbonyl (C=O) groups excluding carboxylic acids is 1. The predicted octanol–water partition coefficient (Wildman–Crippen LogP) is 3.90. The Balaban J connectivity index is 1.74. The number of hydrogen-bond donors (Lipinski definition) is 2. The van der Waals surface area contributed by atoms with E-state index in [0.29, 0.717) is 10.8 Å². The van der Waals surface area contributed by atoms with Gasteiger partial charge in [-0.1, -0.05) is 20.8 Å². The number of anilines is 1. The van der Waals surface area contributed by atoms with Crippen molar-refractivity contribution in [2.24, 2.45) is 0 Å². The summed E-state index contributed by atoms with van der Waals surface area (Å²) in [6.07, 6.45) is 4.54. The number of H-pyrrole nitrogens is 1. The first-order chi connectivity index (χ1) is 9.93. The molecule has 2 aromatic rings. The highest BCUT2D eigenvalue weighted by Crippen LogP contribution is 2.27. The Labute approximate surface area is 129 Å². The molecule has 0 atom stereocenters. The van der Waals surface area contributed by atoms with Gasteiger partial charge in [0.1, 0.15) is 5.69 Å². The van der Waals surface area contributed by atoms with Crippen LogP contribution in [-0.4, -0.2) is 15.9 Å². The van der Waals surface area contributed by atoms with Gasteiger partial charge in [-0.15, -0.1) is 11.3 Å². The number of thiazole rings is 1. The number of aromatic nitrogens is 2. The molecule has 0 bridgehead atoms. The van der Waals surface area contributed by atoms with Crippen molar-refractivity contribution in [1.29, 1.82) is 0 Å². The monoisotopic (exact) mass is 303 g/mol. The Bertz CT molecular complexity index is 640. The fraction of sp³-hybridized carbons (Fsp3) is 0.500. The van der Waals surface area contributed by atoms with E-state index < -0.39 is 0 Å². The number of amides is 1. The Morgan fingerprint density at radius 3 is 2.76 bits per heavy atom. The van der Waals surface area contributed by atoms with Crippen molar-refractivity contribution in [2.75, 3.05) is 5.32 Å². The number of rotatable bonds is 2. The molecule has 0 aromatic carbocycles. The van der Waals surface area contributed by atoms with Crippen molar-refractivity contribution in [3.05, 3.63) is 34.1 Å². The van der Waals surface area contributed by atoms with Gasteiger partial charge in [0.2, 0.25) is 0 Å². The second-order valence-electron chi connectivity index (χ2n) is 6.64. The summed E-state index contributed by atoms with van der Waals surface area (Å²) in [5, 5.41) is 5.57. The maximum Gasteiger partial charge on any atom is 0.273 e. The summed E-state index contributed by atoms with van der Waals surface area (Å²) in [5.41, 5.74) is 4.18. The van der Waals surface area contributed by atoms with E-state index in [1.807, 2.05) is 11.4 Å². The van der Waals surface area contributed by atoms with Crippen LogP contribution in [0.1, 0.15) is 61.1 Å². The number of aromatic amines is 1. The molecular weight excluding hydrogens is 282 g/mol. The zero-order chi connectivity index (χ0) is 15.0. The molecule has 1 aliphatic carbocycles. The van der Waals surface area contributed by atoms with Gasteiger partial charge in [0, 0.05) is 16.5 Å². The minimum atomic E-state index is -0.0980. The highest BCUT2D eigenvalue weighted by molar-refractivity contribution is 7.14. The molecule has 4 nitrogen and oxygen atoms in total. The average molecular weight is 303 g/mol. The van der Waals surface area contributed by atoms with Gasteiger partial charge in [-0.25, -0.2) is 4.98 Å². The number of aryl methyl sites for hydroxylation is 2. The number of nitrogens with one attached hydrogen (secondary N) is 2. The van der Waals surface area contributed by atoms with Crippen molar-refractivity contribution in [2.45, 2.75) is 51.9 Å². The van der Waals surface area contributed by atoms with Crippen LogP contribution in [-0.2, 0) is 18.3 Å². The van der Waals surface area contributed by atoms with Gasteiger partial charge in [-0.3, -0.25) is 10.1 Å². The van der Waals surface area contributed by atoms with Crippen LogP contribution in [0.4, 0.5) is 5.13 Å². The van der Waals surface area contributed by atoms with Gasteiger partial charge in [-0.05, 0) is 37.3 Å². The maximum absolute atomic E-state index is 12.3. The maximum atomic E-state index is 12.3. The molecule has 21 heavy (non-hydrogen) atoms. The number of fused-ring (bicyclic) bond motifs is 1. The first kappa shape index (κ1) is 14.3. The Morgan fingerprint density at radius 1 is 1.33 bits per heavy atom. The highest BCUT2D eigenvalue weighted by Gasteiger charge is 2.20. The van der Waals surface area contributed by atoms with Crippen LogP contribution in [0, 0.1) is 0 Å². The van der Waals surface area contributed by atoms with E-state index in [-0.39, 0.29) is 11.3 Å². The SMILES string of the molecule is CC(C)(C)c1csc(NC(=O)c2cc3c([nH]2)CCCC3)n1. The van der Waals surface area contributed by atoms with Crippen LogP contribution in [0.5, 0.6) is 0 Å². The van der Waals surface area contributed by atoms with E-state index in [9.17, 15) is 4.79 Å². The quantitative estimate of drug-likeness (QED) is 0.884. The lowest BCUT2D eigenvalue weighted by Gasteiger charge is -2.14. The smallest absolute Gasteiger partial charge is 0.273 e. The second kappa shape index (κ2) is 5.30. The first-order valence-electron chi connectivity index (χ1n) is 7.41. The molecule has 0 saturated heterocycles. The van der Waals surface area contributed by atoms with Gasteiger partial charge < -0.3 is 4.98 Å². The van der Waals surface area contributed by atoms with Crippen molar-refractivity contribution in [3.8, 4) is 0 Å². The third-order valence-electron chi connectivity index (χ3n) is 3.85. The molecule has 2 aromatic heterocycles. The second-order valence-corrected chi connectivity index (χ2v) is 7.49. The van der Waals surface area contributed by atoms with E-state index >= 15 is 0 Å². The lowest BCUT2D eigenvalue weighted by Crippen LogP contribution is -2.14. The Kier molecular flexibility index (Phi) is 3.61. The molecule has 3 rings (SSSR count). The zero-order valence-corrected chi connectivity index (χ0v) is 13.6. The fourth-order valence-corrected chi connectivity index (χ4v) is 3.50. The molecule has 0 aliphatic heterocycles. The molecule has 2 heterocycles. The predicted molar refractivity (Wildman–Crippen MR) is 86.2 cm³/mol. The van der Waals surface area contributed by atoms with Crippen LogP contribution in [0.25, 0.3) is 0 Å². The van der Waals surface area contributed by atoms with Gasteiger partial charge in [0.25, 0.3) is 5.91 Å². The fourth-order valence-electron chi connectivity index (χ4n) is 2.57. The Hall–Kier alpha value is -1.62. The normalized spacial score (nSPS) is 14.8. The van der Waals surface area contributed by atoms with E-state index in [4.69, 9.17) is 0 Å². The Morgan fingerprint density at radius 2 is 2.10 bits per heavy atom. The van der Waals surface area contributed by atoms with E-state index in [2.05, 4.69) is 36.1 Å². The van der Waals surface area contributed by atoms with E-state index in [1.165, 1.54) is 35.4 Å². The minimum absolute atomic E-state index is 0.00496. The highest BCUT2D eigenvalue weighted by atomic mass is 32.1. The number of hydrogen-bond acceptors (Lipinski definition) is 3. The molecule has 1 aliphatic rings. The summed E-state index contributed by atoms with van der Waals surface area (Å²) in [6.45, 7) is 6.35. The molecule has 0 radical (unpaired) electrons. The van der Waals surface area contributed by atoms with E-state index in [0.717, 1.165) is 18.5 Å². The topological polar surface area (TPSA) is 57.8 Å². The standard InChI is InChI=1S/C16H21N3OS/c1-16(2,3)13-9-21-15(18-13)19-14(20)12-8-10-6-4-5-7-11(10)17-12/h8-9,17H,4-7H2,1-3H3,(H,18,19,20). The summed E-state index contributed by atoms with van der Waals surface area (Å²) in [5.74, 6) is -0.0980. The third-order valence-corrected chi connectivity index (χ3v) is 4.61. The van der Waals surface area contributed by atoms with Gasteiger partial charge in [0.15, 0.2) is 5.13 Å². The number of nitrogens with zero attached hydrogens (tertiary/aromatic N) is 1. The summed E-state index contributed by atoms with van der Waals surface area (Å²) in [4.78, 5) is 20.1. The molecular formula is C16H21N3OS. The van der Waals surface area contributed by atoms with Crippen LogP contribution in [0.15, 0.2) is 11.4 Å². The lowest BCUT2D eigenvalue weighted by atomic mass is 9.93. The summed E-state index contributed by atoms with van der Waals surface area (Å²) < 4.78 is 0. The van der Waals surface area contributed by atoms with Crippen molar-refractivity contribution >= 4 is 22.4 Å². The molecule has 0 spiro atoms. The molecule has 1 amide bonds. The molecule has 0 saturated carbocycles. The molecule has 112 valence electrons. The van der Waals surface area contributed by atoms with Gasteiger partial charge in [0.05, 0.1) is 5.69 Å².